The van der Waals surface area contributed by atoms with Gasteiger partial charge in [0.1, 0.15) is 5.41 Å². The molecule has 0 spiro atoms. The summed E-state index contributed by atoms with van der Waals surface area (Å²) in [6, 6.07) is 0. The molecule has 0 radical (unpaired) electrons. The second-order valence-corrected chi connectivity index (χ2v) is 6.79. The fourth-order valence-electron chi connectivity index (χ4n) is 1.44. The Bertz CT molecular complexity index is 283. The van der Waals surface area contributed by atoms with Crippen molar-refractivity contribution in [3.8, 4) is 0 Å². The minimum Gasteiger partial charge on any atom is -0.379 e. The van der Waals surface area contributed by atoms with Gasteiger partial charge < -0.3 is 15.8 Å². The van der Waals surface area contributed by atoms with Crippen LogP contribution in [0.4, 0.5) is 0 Å². The van der Waals surface area contributed by atoms with E-state index in [0.717, 1.165) is 0 Å². The Hall–Kier alpha value is -0.610. The van der Waals surface area contributed by atoms with Crippen molar-refractivity contribution in [2.24, 2.45) is 22.0 Å². The molecule has 1 amide bonds. The Balaban J connectivity index is 2.54. The highest BCUT2D eigenvalue weighted by atomic mass is 16.5. The van der Waals surface area contributed by atoms with Gasteiger partial charge >= 0.3 is 0 Å². The lowest BCUT2D eigenvalue weighted by molar-refractivity contribution is -0.160. The maximum atomic E-state index is 12.1. The molecule has 0 aliphatic carbocycles. The van der Waals surface area contributed by atoms with E-state index in [1.54, 1.807) is 0 Å². The van der Waals surface area contributed by atoms with Crippen molar-refractivity contribution in [2.45, 2.75) is 34.6 Å². The number of ether oxygens (including phenoxy) is 1. The Morgan fingerprint density at radius 1 is 1.29 bits per heavy atom. The van der Waals surface area contributed by atoms with Crippen LogP contribution in [0.25, 0.3) is 0 Å². The van der Waals surface area contributed by atoms with Gasteiger partial charge in [-0.15, -0.1) is 0 Å². The summed E-state index contributed by atoms with van der Waals surface area (Å²) in [5.41, 5.74) is 5.37. The highest BCUT2D eigenvalue weighted by Gasteiger charge is 2.45. The smallest absolute Gasteiger partial charge is 0.232 e. The van der Waals surface area contributed by atoms with Crippen molar-refractivity contribution in [3.05, 3.63) is 0 Å². The van der Waals surface area contributed by atoms with E-state index < -0.39 is 5.41 Å². The Morgan fingerprint density at radius 3 is 2.12 bits per heavy atom. The van der Waals surface area contributed by atoms with Crippen LogP contribution in [0.5, 0.6) is 0 Å². The van der Waals surface area contributed by atoms with E-state index in [9.17, 15) is 4.79 Å². The predicted molar refractivity (Wildman–Crippen MR) is 68.6 cm³/mol. The van der Waals surface area contributed by atoms with Gasteiger partial charge in [0.25, 0.3) is 0 Å². The lowest BCUT2D eigenvalue weighted by atomic mass is 9.69. The molecule has 1 aliphatic rings. The molecule has 0 aromatic rings. The zero-order chi connectivity index (χ0) is 13.3. The third-order valence-electron chi connectivity index (χ3n) is 4.35. The van der Waals surface area contributed by atoms with Gasteiger partial charge in [0, 0.05) is 13.1 Å². The normalized spacial score (nSPS) is 19.6. The van der Waals surface area contributed by atoms with E-state index in [0.29, 0.717) is 26.3 Å². The minimum absolute atomic E-state index is 0.0311. The molecule has 1 rings (SSSR count). The van der Waals surface area contributed by atoms with Crippen LogP contribution in [0.2, 0.25) is 0 Å². The first kappa shape index (κ1) is 14.5. The molecule has 0 unspecified atom stereocenters. The third kappa shape index (κ3) is 2.80. The largest absolute Gasteiger partial charge is 0.379 e. The van der Waals surface area contributed by atoms with E-state index in [2.05, 4.69) is 39.9 Å². The summed E-state index contributed by atoms with van der Waals surface area (Å²) >= 11 is 0. The molecule has 0 aromatic carbocycles. The maximum absolute atomic E-state index is 12.1. The molecule has 1 heterocycles. The molecule has 4 heteroatoms. The molecule has 1 fully saturated rings. The third-order valence-corrected chi connectivity index (χ3v) is 4.35. The minimum atomic E-state index is -0.478. The van der Waals surface area contributed by atoms with Crippen LogP contribution in [-0.2, 0) is 9.53 Å². The molecule has 17 heavy (non-hydrogen) atoms. The first-order valence-electron chi connectivity index (χ1n) is 6.21. The first-order valence-corrected chi connectivity index (χ1v) is 6.21. The summed E-state index contributed by atoms with van der Waals surface area (Å²) < 4.78 is 5.11. The van der Waals surface area contributed by atoms with Crippen LogP contribution < -0.4 is 11.1 Å². The number of carbonyl (C=O) groups excluding carboxylic acids is 1. The van der Waals surface area contributed by atoms with Gasteiger partial charge in [-0.2, -0.15) is 0 Å². The highest BCUT2D eigenvalue weighted by molar-refractivity contribution is 5.84. The van der Waals surface area contributed by atoms with Crippen molar-refractivity contribution < 1.29 is 9.53 Å². The molecule has 4 nitrogen and oxygen atoms in total. The second kappa shape index (κ2) is 4.58. The van der Waals surface area contributed by atoms with Crippen LogP contribution in [0.1, 0.15) is 34.6 Å². The van der Waals surface area contributed by atoms with Crippen molar-refractivity contribution in [3.63, 3.8) is 0 Å². The number of rotatable bonds is 4. The number of carbonyl (C=O) groups is 1. The van der Waals surface area contributed by atoms with Crippen LogP contribution >= 0.6 is 0 Å². The molecule has 100 valence electrons. The van der Waals surface area contributed by atoms with Crippen molar-refractivity contribution in [1.82, 2.24) is 5.32 Å². The van der Waals surface area contributed by atoms with Gasteiger partial charge in [-0.3, -0.25) is 4.79 Å². The second-order valence-electron chi connectivity index (χ2n) is 6.79. The average molecular weight is 242 g/mol. The zero-order valence-electron chi connectivity index (χ0n) is 11.7. The van der Waals surface area contributed by atoms with E-state index in [1.165, 1.54) is 0 Å². The van der Waals surface area contributed by atoms with Crippen LogP contribution in [0.15, 0.2) is 0 Å². The van der Waals surface area contributed by atoms with Gasteiger partial charge in [-0.05, 0) is 10.8 Å². The molecule has 0 atom stereocenters. The lowest BCUT2D eigenvalue weighted by Crippen LogP contribution is -2.59. The molecule has 3 N–H and O–H groups in total. The summed E-state index contributed by atoms with van der Waals surface area (Å²) in [5.74, 6) is 0.0311. The lowest BCUT2D eigenvalue weighted by Gasteiger charge is -2.42. The number of amides is 1. The topological polar surface area (TPSA) is 64.4 Å². The van der Waals surface area contributed by atoms with Gasteiger partial charge in [0.05, 0.1) is 13.2 Å². The fraction of sp³-hybridized carbons (Fsp3) is 0.923. The van der Waals surface area contributed by atoms with E-state index >= 15 is 0 Å². The van der Waals surface area contributed by atoms with Crippen LogP contribution in [-0.4, -0.2) is 32.2 Å². The molecule has 1 aliphatic heterocycles. The first-order chi connectivity index (χ1) is 7.65. The maximum Gasteiger partial charge on any atom is 0.232 e. The number of hydrogen-bond donors (Lipinski definition) is 2. The molecule has 0 bridgehead atoms. The summed E-state index contributed by atoms with van der Waals surface area (Å²) in [5, 5.41) is 3.02. The SMILES string of the molecule is CC(C)(C)C(C)(C)CNC(=O)C1(CN)COC1. The van der Waals surface area contributed by atoms with Crippen molar-refractivity contribution >= 4 is 5.91 Å². The van der Waals surface area contributed by atoms with Gasteiger partial charge in [0.2, 0.25) is 5.91 Å². The average Bonchev–Trinajstić information content (AvgIpc) is 2.12. The summed E-state index contributed by atoms with van der Waals surface area (Å²) in [7, 11) is 0. The van der Waals surface area contributed by atoms with Crippen LogP contribution in [0.3, 0.4) is 0 Å². The zero-order valence-corrected chi connectivity index (χ0v) is 11.7. The van der Waals surface area contributed by atoms with Gasteiger partial charge in [-0.25, -0.2) is 0 Å². The van der Waals surface area contributed by atoms with Gasteiger partial charge in [-0.1, -0.05) is 34.6 Å². The van der Waals surface area contributed by atoms with Crippen LogP contribution in [0, 0.1) is 16.2 Å². The molecule has 1 saturated heterocycles. The quantitative estimate of drug-likeness (QED) is 0.777. The Morgan fingerprint density at radius 2 is 1.82 bits per heavy atom. The molecular formula is C13H26N2O2. The van der Waals surface area contributed by atoms with Gasteiger partial charge in [0.15, 0.2) is 0 Å². The standard InChI is InChI=1S/C13H26N2O2/c1-11(2,3)12(4,5)7-15-10(16)13(6-14)8-17-9-13/h6-9,14H2,1-5H3,(H,15,16). The Labute approximate surface area is 104 Å². The van der Waals surface area contributed by atoms with Crippen molar-refractivity contribution in [2.75, 3.05) is 26.3 Å². The summed E-state index contributed by atoms with van der Waals surface area (Å²) in [4.78, 5) is 12.1. The summed E-state index contributed by atoms with van der Waals surface area (Å²) in [6.45, 7) is 12.8. The number of nitrogens with two attached hydrogens (primary N) is 1. The monoisotopic (exact) mass is 242 g/mol. The van der Waals surface area contributed by atoms with E-state index in [-0.39, 0.29) is 16.7 Å². The van der Waals surface area contributed by atoms with E-state index in [4.69, 9.17) is 10.5 Å². The highest BCUT2D eigenvalue weighted by Crippen LogP contribution is 2.37. The predicted octanol–water partition coefficient (Wildman–Crippen LogP) is 1.15. The summed E-state index contributed by atoms with van der Waals surface area (Å²) in [6.07, 6.45) is 0. The fourth-order valence-corrected chi connectivity index (χ4v) is 1.44. The molecular weight excluding hydrogens is 216 g/mol. The Kier molecular flexibility index (Phi) is 3.89. The number of nitrogens with one attached hydrogen (secondary N) is 1. The van der Waals surface area contributed by atoms with E-state index in [1.807, 2.05) is 0 Å². The molecule has 0 aromatic heterocycles. The molecule has 0 saturated carbocycles. The number of hydrogen-bond acceptors (Lipinski definition) is 3. The van der Waals surface area contributed by atoms with Crippen molar-refractivity contribution in [1.29, 1.82) is 0 Å².